The molecule has 1 saturated heterocycles. The molecule has 1 atom stereocenters. The molecule has 0 aliphatic carbocycles. The Morgan fingerprint density at radius 3 is 2.84 bits per heavy atom. The van der Waals surface area contributed by atoms with Crippen molar-refractivity contribution in [1.29, 1.82) is 0 Å². The number of alkyl halides is 1. The fourth-order valence-corrected chi connectivity index (χ4v) is 2.77. The van der Waals surface area contributed by atoms with Gasteiger partial charge in [0.15, 0.2) is 0 Å². The standard InChI is InChI=1S/C12H12BrFN2O3/c13-9-2-1-3-15(7-9)12(17)8-4-10(14)6-11(5-8)16(18)19/h4-6,9H,1-3,7H2. The zero-order valence-electron chi connectivity index (χ0n) is 10.0. The molecule has 1 amide bonds. The van der Waals surface area contributed by atoms with Crippen molar-refractivity contribution in [3.05, 3.63) is 39.7 Å². The first-order valence-electron chi connectivity index (χ1n) is 5.85. The SMILES string of the molecule is O=C(c1cc(F)cc([N+](=O)[O-])c1)N1CCCC(Br)C1. The van der Waals surface area contributed by atoms with Crippen molar-refractivity contribution in [3.8, 4) is 0 Å². The maximum atomic E-state index is 13.3. The van der Waals surface area contributed by atoms with Crippen LogP contribution in [0, 0.1) is 15.9 Å². The predicted molar refractivity (Wildman–Crippen MR) is 70.9 cm³/mol. The minimum absolute atomic E-state index is 0.0216. The number of hydrogen-bond donors (Lipinski definition) is 0. The van der Waals surface area contributed by atoms with Gasteiger partial charge in [-0.05, 0) is 18.9 Å². The Hall–Kier alpha value is -1.50. The van der Waals surface area contributed by atoms with Gasteiger partial charge in [-0.15, -0.1) is 0 Å². The van der Waals surface area contributed by atoms with Gasteiger partial charge in [-0.3, -0.25) is 14.9 Å². The minimum atomic E-state index is -0.773. The zero-order chi connectivity index (χ0) is 14.0. The minimum Gasteiger partial charge on any atom is -0.338 e. The second-order valence-corrected chi connectivity index (χ2v) is 5.74. The van der Waals surface area contributed by atoms with Gasteiger partial charge in [0.2, 0.25) is 0 Å². The molecule has 0 spiro atoms. The van der Waals surface area contributed by atoms with Gasteiger partial charge in [-0.1, -0.05) is 15.9 Å². The molecule has 1 unspecified atom stereocenters. The van der Waals surface area contributed by atoms with Crippen LogP contribution in [0.5, 0.6) is 0 Å². The van der Waals surface area contributed by atoms with Gasteiger partial charge in [0, 0.05) is 29.5 Å². The first-order valence-corrected chi connectivity index (χ1v) is 6.77. The summed E-state index contributed by atoms with van der Waals surface area (Å²) < 4.78 is 13.3. The average molecular weight is 331 g/mol. The maximum Gasteiger partial charge on any atom is 0.273 e. The lowest BCUT2D eigenvalue weighted by Gasteiger charge is -2.30. The Labute approximate surface area is 117 Å². The van der Waals surface area contributed by atoms with Crippen LogP contribution in [0.15, 0.2) is 18.2 Å². The van der Waals surface area contributed by atoms with Crippen molar-refractivity contribution in [2.75, 3.05) is 13.1 Å². The fraction of sp³-hybridized carbons (Fsp3) is 0.417. The molecule has 1 aromatic carbocycles. The van der Waals surface area contributed by atoms with Gasteiger partial charge in [0.25, 0.3) is 11.6 Å². The third-order valence-electron chi connectivity index (χ3n) is 2.99. The molecular formula is C12H12BrFN2O3. The second-order valence-electron chi connectivity index (χ2n) is 4.45. The highest BCUT2D eigenvalue weighted by atomic mass is 79.9. The van der Waals surface area contributed by atoms with Crippen molar-refractivity contribution < 1.29 is 14.1 Å². The molecule has 0 N–H and O–H groups in total. The molecule has 1 heterocycles. The molecule has 0 radical (unpaired) electrons. The van der Waals surface area contributed by atoms with Gasteiger partial charge in [-0.25, -0.2) is 4.39 Å². The number of benzene rings is 1. The molecule has 1 aliphatic rings. The van der Waals surface area contributed by atoms with Crippen molar-refractivity contribution in [2.24, 2.45) is 0 Å². The lowest BCUT2D eigenvalue weighted by molar-refractivity contribution is -0.385. The van der Waals surface area contributed by atoms with Crippen molar-refractivity contribution in [2.45, 2.75) is 17.7 Å². The molecule has 1 aliphatic heterocycles. The number of piperidine rings is 1. The number of nitrogens with zero attached hydrogens (tertiary/aromatic N) is 2. The predicted octanol–water partition coefficient (Wildman–Crippen LogP) is 2.73. The normalized spacial score (nSPS) is 19.3. The van der Waals surface area contributed by atoms with E-state index in [0.29, 0.717) is 13.1 Å². The topological polar surface area (TPSA) is 63.4 Å². The van der Waals surface area contributed by atoms with Crippen LogP contribution in [-0.2, 0) is 0 Å². The van der Waals surface area contributed by atoms with E-state index in [4.69, 9.17) is 0 Å². The van der Waals surface area contributed by atoms with Crippen LogP contribution in [0.3, 0.4) is 0 Å². The summed E-state index contributed by atoms with van der Waals surface area (Å²) in [6, 6.07) is 2.96. The summed E-state index contributed by atoms with van der Waals surface area (Å²) in [7, 11) is 0. The van der Waals surface area contributed by atoms with E-state index in [1.165, 1.54) is 0 Å². The van der Waals surface area contributed by atoms with Gasteiger partial charge in [0.1, 0.15) is 5.82 Å². The Kier molecular flexibility index (Phi) is 4.14. The van der Waals surface area contributed by atoms with Crippen LogP contribution in [0.1, 0.15) is 23.2 Å². The number of likely N-dealkylation sites (tertiary alicyclic amines) is 1. The lowest BCUT2D eigenvalue weighted by Crippen LogP contribution is -2.40. The van der Waals surface area contributed by atoms with Crippen molar-refractivity contribution in [1.82, 2.24) is 4.90 Å². The zero-order valence-corrected chi connectivity index (χ0v) is 11.6. The number of non-ortho nitro benzene ring substituents is 1. The van der Waals surface area contributed by atoms with Crippen LogP contribution in [0.4, 0.5) is 10.1 Å². The van der Waals surface area contributed by atoms with E-state index in [9.17, 15) is 19.3 Å². The summed E-state index contributed by atoms with van der Waals surface area (Å²) in [6.45, 7) is 1.12. The van der Waals surface area contributed by atoms with E-state index >= 15 is 0 Å². The van der Waals surface area contributed by atoms with E-state index in [1.54, 1.807) is 4.90 Å². The van der Waals surface area contributed by atoms with E-state index in [1.807, 2.05) is 0 Å². The Morgan fingerprint density at radius 2 is 2.21 bits per heavy atom. The monoisotopic (exact) mass is 330 g/mol. The number of rotatable bonds is 2. The molecule has 5 nitrogen and oxygen atoms in total. The number of amides is 1. The molecule has 0 bridgehead atoms. The fourth-order valence-electron chi connectivity index (χ4n) is 2.10. The van der Waals surface area contributed by atoms with E-state index in [-0.39, 0.29) is 16.3 Å². The molecule has 1 aromatic rings. The molecule has 102 valence electrons. The molecule has 7 heteroatoms. The molecule has 0 aromatic heterocycles. The molecule has 1 fully saturated rings. The van der Waals surface area contributed by atoms with E-state index in [2.05, 4.69) is 15.9 Å². The van der Waals surface area contributed by atoms with Crippen molar-refractivity contribution in [3.63, 3.8) is 0 Å². The number of halogens is 2. The first kappa shape index (κ1) is 13.9. The number of carbonyl (C=O) groups excluding carboxylic acids is 1. The van der Waals surface area contributed by atoms with Gasteiger partial charge in [-0.2, -0.15) is 0 Å². The average Bonchev–Trinajstić information content (AvgIpc) is 2.37. The Bertz CT molecular complexity index is 524. The largest absolute Gasteiger partial charge is 0.338 e. The quantitative estimate of drug-likeness (QED) is 0.476. The molecule has 19 heavy (non-hydrogen) atoms. The number of hydrogen-bond acceptors (Lipinski definition) is 3. The second kappa shape index (κ2) is 5.64. The third kappa shape index (κ3) is 3.28. The van der Waals surface area contributed by atoms with Gasteiger partial charge in [0.05, 0.1) is 11.0 Å². The summed E-state index contributed by atoms with van der Waals surface area (Å²) in [4.78, 5) is 23.9. The highest BCUT2D eigenvalue weighted by Crippen LogP contribution is 2.21. The van der Waals surface area contributed by atoms with Crippen LogP contribution in [-0.4, -0.2) is 33.6 Å². The highest BCUT2D eigenvalue weighted by Gasteiger charge is 2.24. The summed E-state index contributed by atoms with van der Waals surface area (Å²) in [5.74, 6) is -1.14. The van der Waals surface area contributed by atoms with Crippen LogP contribution < -0.4 is 0 Å². The summed E-state index contributed by atoms with van der Waals surface area (Å²) in [6.07, 6.45) is 1.84. The first-order chi connectivity index (χ1) is 8.97. The summed E-state index contributed by atoms with van der Waals surface area (Å²) in [5.41, 5.74) is -0.385. The lowest BCUT2D eigenvalue weighted by atomic mass is 10.1. The van der Waals surface area contributed by atoms with Crippen LogP contribution in [0.25, 0.3) is 0 Å². The van der Waals surface area contributed by atoms with Crippen LogP contribution in [0.2, 0.25) is 0 Å². The number of nitro groups is 1. The summed E-state index contributed by atoms with van der Waals surface area (Å²) in [5, 5.41) is 10.7. The molecule has 2 rings (SSSR count). The van der Waals surface area contributed by atoms with E-state index < -0.39 is 16.4 Å². The van der Waals surface area contributed by atoms with Crippen molar-refractivity contribution >= 4 is 27.5 Å². The van der Waals surface area contributed by atoms with Gasteiger partial charge >= 0.3 is 0 Å². The van der Waals surface area contributed by atoms with E-state index in [0.717, 1.165) is 31.0 Å². The molecular weight excluding hydrogens is 319 g/mol. The Morgan fingerprint density at radius 1 is 1.47 bits per heavy atom. The number of nitro benzene ring substituents is 1. The summed E-state index contributed by atoms with van der Waals surface area (Å²) >= 11 is 3.45. The van der Waals surface area contributed by atoms with Gasteiger partial charge < -0.3 is 4.90 Å². The number of carbonyl (C=O) groups is 1. The highest BCUT2D eigenvalue weighted by molar-refractivity contribution is 9.09. The maximum absolute atomic E-state index is 13.3. The Balaban J connectivity index is 2.25. The third-order valence-corrected chi connectivity index (χ3v) is 3.74. The molecule has 0 saturated carbocycles. The smallest absolute Gasteiger partial charge is 0.273 e. The van der Waals surface area contributed by atoms with Crippen LogP contribution >= 0.6 is 15.9 Å².